The first-order chi connectivity index (χ1) is 12.6. The van der Waals surface area contributed by atoms with Gasteiger partial charge in [0.2, 0.25) is 0 Å². The van der Waals surface area contributed by atoms with Crippen molar-refractivity contribution in [3.05, 3.63) is 64.5 Å². The molecule has 134 valence electrons. The Morgan fingerprint density at radius 3 is 2.85 bits per heavy atom. The van der Waals surface area contributed by atoms with Gasteiger partial charge in [-0.25, -0.2) is 4.98 Å². The van der Waals surface area contributed by atoms with E-state index in [0.717, 1.165) is 18.4 Å². The van der Waals surface area contributed by atoms with Gasteiger partial charge < -0.3 is 14.4 Å². The van der Waals surface area contributed by atoms with Gasteiger partial charge in [0.15, 0.2) is 11.5 Å². The van der Waals surface area contributed by atoms with Crippen LogP contribution >= 0.6 is 11.6 Å². The number of aromatic nitrogens is 1. The zero-order valence-corrected chi connectivity index (χ0v) is 14.9. The third-order valence-electron chi connectivity index (χ3n) is 4.63. The molecule has 1 amide bonds. The molecular formula is C20H19ClN2O3. The molecule has 2 heterocycles. The van der Waals surface area contributed by atoms with Crippen LogP contribution in [0.25, 0.3) is 11.1 Å². The highest BCUT2D eigenvalue weighted by Gasteiger charge is 2.23. The topological polar surface area (TPSA) is 66.6 Å². The molecule has 26 heavy (non-hydrogen) atoms. The van der Waals surface area contributed by atoms with Crippen LogP contribution in [0.3, 0.4) is 0 Å². The molecule has 0 radical (unpaired) electrons. The Kier molecular flexibility index (Phi) is 4.66. The SMILES string of the molecule is O=C(c1ccc2oc(Cc3ccc(Cl)cc3)nc2c1)N1CCC[C@H](O)C1. The number of β-amino-alcohol motifs (C(OH)–C–C–N with tert-alkyl or cyclic N) is 1. The van der Waals surface area contributed by atoms with Gasteiger partial charge in [0.1, 0.15) is 5.52 Å². The second-order valence-corrected chi connectivity index (χ2v) is 7.08. The first-order valence-corrected chi connectivity index (χ1v) is 9.07. The Morgan fingerprint density at radius 1 is 1.27 bits per heavy atom. The van der Waals surface area contributed by atoms with E-state index in [1.165, 1.54) is 0 Å². The second-order valence-electron chi connectivity index (χ2n) is 6.64. The summed E-state index contributed by atoms with van der Waals surface area (Å²) < 4.78 is 5.79. The average molecular weight is 371 g/mol. The molecule has 0 aliphatic carbocycles. The predicted octanol–water partition coefficient (Wildman–Crippen LogP) is 3.67. The van der Waals surface area contributed by atoms with Crippen molar-refractivity contribution in [2.24, 2.45) is 0 Å². The zero-order chi connectivity index (χ0) is 18.1. The number of hydrogen-bond acceptors (Lipinski definition) is 4. The summed E-state index contributed by atoms with van der Waals surface area (Å²) in [5.41, 5.74) is 2.94. The van der Waals surface area contributed by atoms with Gasteiger partial charge in [0.25, 0.3) is 5.91 Å². The molecule has 1 saturated heterocycles. The van der Waals surface area contributed by atoms with Crippen LogP contribution in [0.5, 0.6) is 0 Å². The number of aliphatic hydroxyl groups is 1. The number of rotatable bonds is 3. The summed E-state index contributed by atoms with van der Waals surface area (Å²) >= 11 is 5.91. The number of amides is 1. The van der Waals surface area contributed by atoms with Crippen LogP contribution < -0.4 is 0 Å². The smallest absolute Gasteiger partial charge is 0.254 e. The summed E-state index contributed by atoms with van der Waals surface area (Å²) in [6.07, 6.45) is 1.70. The quantitative estimate of drug-likeness (QED) is 0.763. The van der Waals surface area contributed by atoms with Crippen LogP contribution in [-0.2, 0) is 6.42 Å². The number of aliphatic hydroxyl groups excluding tert-OH is 1. The Hall–Kier alpha value is -2.37. The van der Waals surface area contributed by atoms with Crippen molar-refractivity contribution in [2.75, 3.05) is 13.1 Å². The number of oxazole rings is 1. The van der Waals surface area contributed by atoms with Gasteiger partial charge in [-0.3, -0.25) is 4.79 Å². The first-order valence-electron chi connectivity index (χ1n) is 8.70. The maximum absolute atomic E-state index is 12.7. The molecule has 1 aliphatic heterocycles. The molecule has 1 aromatic heterocycles. The molecule has 3 aromatic rings. The fraction of sp³-hybridized carbons (Fsp3) is 0.300. The number of carbonyl (C=O) groups is 1. The molecule has 6 heteroatoms. The van der Waals surface area contributed by atoms with Gasteiger partial charge in [0.05, 0.1) is 6.10 Å². The van der Waals surface area contributed by atoms with E-state index in [1.807, 2.05) is 24.3 Å². The minimum absolute atomic E-state index is 0.0760. The standard InChI is InChI=1S/C20H19ClN2O3/c21-15-6-3-13(4-7-15)10-19-22-17-11-14(5-8-18(17)26-19)20(25)23-9-1-2-16(24)12-23/h3-8,11,16,24H,1-2,9-10,12H2/t16-/m0/s1. The fourth-order valence-corrected chi connectivity index (χ4v) is 3.41. The second kappa shape index (κ2) is 7.09. The number of hydrogen-bond donors (Lipinski definition) is 1. The summed E-state index contributed by atoms with van der Waals surface area (Å²) in [5.74, 6) is 0.521. The molecular weight excluding hydrogens is 352 g/mol. The lowest BCUT2D eigenvalue weighted by Gasteiger charge is -2.30. The van der Waals surface area contributed by atoms with Crippen LogP contribution in [0.15, 0.2) is 46.9 Å². The number of piperidine rings is 1. The molecule has 5 nitrogen and oxygen atoms in total. The van der Waals surface area contributed by atoms with E-state index >= 15 is 0 Å². The Morgan fingerprint density at radius 2 is 2.08 bits per heavy atom. The summed E-state index contributed by atoms with van der Waals surface area (Å²) in [6.45, 7) is 1.06. The summed E-state index contributed by atoms with van der Waals surface area (Å²) in [7, 11) is 0. The number of halogens is 1. The Bertz CT molecular complexity index is 936. The van der Waals surface area contributed by atoms with E-state index in [2.05, 4.69) is 4.98 Å². The highest BCUT2D eigenvalue weighted by molar-refractivity contribution is 6.30. The number of carbonyl (C=O) groups excluding carboxylic acids is 1. The normalized spacial score (nSPS) is 17.6. The van der Waals surface area contributed by atoms with Crippen molar-refractivity contribution >= 4 is 28.6 Å². The number of likely N-dealkylation sites (tertiary alicyclic amines) is 1. The summed E-state index contributed by atoms with van der Waals surface area (Å²) in [5, 5.41) is 10.5. The minimum Gasteiger partial charge on any atom is -0.440 e. The van der Waals surface area contributed by atoms with Crippen LogP contribution in [0.1, 0.15) is 34.7 Å². The molecule has 0 bridgehead atoms. The molecule has 1 N–H and O–H groups in total. The van der Waals surface area contributed by atoms with E-state index in [9.17, 15) is 9.90 Å². The van der Waals surface area contributed by atoms with Crippen LogP contribution in [-0.4, -0.2) is 40.1 Å². The van der Waals surface area contributed by atoms with E-state index in [1.54, 1.807) is 23.1 Å². The fourth-order valence-electron chi connectivity index (χ4n) is 3.28. The molecule has 0 unspecified atom stereocenters. The monoisotopic (exact) mass is 370 g/mol. The highest BCUT2D eigenvalue weighted by Crippen LogP contribution is 2.22. The van der Waals surface area contributed by atoms with Gasteiger partial charge in [-0.15, -0.1) is 0 Å². The van der Waals surface area contributed by atoms with Crippen molar-refractivity contribution < 1.29 is 14.3 Å². The number of benzene rings is 2. The average Bonchev–Trinajstić information content (AvgIpc) is 3.04. The van der Waals surface area contributed by atoms with Gasteiger partial charge in [-0.2, -0.15) is 0 Å². The van der Waals surface area contributed by atoms with Crippen LogP contribution in [0, 0.1) is 0 Å². The van der Waals surface area contributed by atoms with E-state index < -0.39 is 6.10 Å². The molecule has 4 rings (SSSR count). The van der Waals surface area contributed by atoms with E-state index in [0.29, 0.717) is 47.1 Å². The van der Waals surface area contributed by atoms with Crippen molar-refractivity contribution in [3.63, 3.8) is 0 Å². The first kappa shape index (κ1) is 17.1. The largest absolute Gasteiger partial charge is 0.440 e. The van der Waals surface area contributed by atoms with E-state index in [4.69, 9.17) is 16.0 Å². The molecule has 1 atom stereocenters. The molecule has 2 aromatic carbocycles. The number of fused-ring (bicyclic) bond motifs is 1. The minimum atomic E-state index is -0.436. The van der Waals surface area contributed by atoms with Gasteiger partial charge in [-0.05, 0) is 48.7 Å². The van der Waals surface area contributed by atoms with Crippen LogP contribution in [0.2, 0.25) is 5.02 Å². The van der Waals surface area contributed by atoms with Gasteiger partial charge in [-0.1, -0.05) is 23.7 Å². The van der Waals surface area contributed by atoms with Gasteiger partial charge in [0, 0.05) is 30.1 Å². The number of nitrogens with zero attached hydrogens (tertiary/aromatic N) is 2. The maximum Gasteiger partial charge on any atom is 0.254 e. The van der Waals surface area contributed by atoms with Crippen molar-refractivity contribution in [2.45, 2.75) is 25.4 Å². The summed E-state index contributed by atoms with van der Waals surface area (Å²) in [6, 6.07) is 12.8. The lowest BCUT2D eigenvalue weighted by molar-refractivity contribution is 0.0474. The molecule has 0 spiro atoms. The van der Waals surface area contributed by atoms with Crippen molar-refractivity contribution in [1.82, 2.24) is 9.88 Å². The Labute approximate surface area is 156 Å². The van der Waals surface area contributed by atoms with E-state index in [-0.39, 0.29) is 5.91 Å². The lowest BCUT2D eigenvalue weighted by Crippen LogP contribution is -2.42. The third kappa shape index (κ3) is 3.59. The summed E-state index contributed by atoms with van der Waals surface area (Å²) in [4.78, 5) is 18.9. The third-order valence-corrected chi connectivity index (χ3v) is 4.88. The molecule has 0 saturated carbocycles. The van der Waals surface area contributed by atoms with Crippen LogP contribution in [0.4, 0.5) is 0 Å². The molecule has 1 fully saturated rings. The van der Waals surface area contributed by atoms with Gasteiger partial charge >= 0.3 is 0 Å². The predicted molar refractivity (Wildman–Crippen MR) is 99.4 cm³/mol. The van der Waals surface area contributed by atoms with Crippen molar-refractivity contribution in [3.8, 4) is 0 Å². The molecule has 1 aliphatic rings. The highest BCUT2D eigenvalue weighted by atomic mass is 35.5. The Balaban J connectivity index is 1.55. The zero-order valence-electron chi connectivity index (χ0n) is 14.2. The van der Waals surface area contributed by atoms with Crippen molar-refractivity contribution in [1.29, 1.82) is 0 Å². The lowest BCUT2D eigenvalue weighted by atomic mass is 10.1. The maximum atomic E-state index is 12.7.